The van der Waals surface area contributed by atoms with Gasteiger partial charge in [0.05, 0.1) is 6.26 Å². The van der Waals surface area contributed by atoms with Crippen LogP contribution >= 0.6 is 11.3 Å². The Bertz CT molecular complexity index is 573. The second-order valence-corrected chi connectivity index (χ2v) is 4.36. The van der Waals surface area contributed by atoms with E-state index in [2.05, 4.69) is 0 Å². The van der Waals surface area contributed by atoms with Crippen molar-refractivity contribution in [1.82, 2.24) is 5.32 Å². The number of esters is 1. The molecule has 0 aliphatic carbocycles. The maximum Gasteiger partial charge on any atom is 0.348 e. The van der Waals surface area contributed by atoms with Crippen LogP contribution in [0.4, 0.5) is 0 Å². The number of hydrogen-bond donors (Lipinski definition) is 1. The molecule has 7 heteroatoms. The fourth-order valence-corrected chi connectivity index (χ4v) is 1.85. The van der Waals surface area contributed by atoms with E-state index in [1.807, 2.05) is 5.32 Å². The molecule has 6 nitrogen and oxygen atoms in total. The van der Waals surface area contributed by atoms with Gasteiger partial charge >= 0.3 is 5.97 Å². The van der Waals surface area contributed by atoms with Crippen LogP contribution < -0.4 is 5.32 Å². The second kappa shape index (κ2) is 5.96. The van der Waals surface area contributed by atoms with Crippen molar-refractivity contribution >= 4 is 29.1 Å². The lowest BCUT2D eigenvalue weighted by Crippen LogP contribution is -2.33. The Labute approximate surface area is 112 Å². The quantitative estimate of drug-likeness (QED) is 0.856. The number of imide groups is 1. The van der Waals surface area contributed by atoms with E-state index in [9.17, 15) is 14.4 Å². The van der Waals surface area contributed by atoms with Gasteiger partial charge in [0.2, 0.25) is 0 Å². The first-order valence-corrected chi connectivity index (χ1v) is 6.13. The molecule has 0 atom stereocenters. The Morgan fingerprint density at radius 2 is 2.11 bits per heavy atom. The molecule has 0 aromatic carbocycles. The van der Waals surface area contributed by atoms with Gasteiger partial charge in [-0.2, -0.15) is 0 Å². The fraction of sp³-hybridized carbons (Fsp3) is 0.0833. The summed E-state index contributed by atoms with van der Waals surface area (Å²) in [6.07, 6.45) is 1.32. The van der Waals surface area contributed by atoms with Crippen LogP contribution in [-0.2, 0) is 9.53 Å². The summed E-state index contributed by atoms with van der Waals surface area (Å²) in [5, 5.41) is 3.76. The molecule has 0 saturated carbocycles. The number of thiophene rings is 1. The van der Waals surface area contributed by atoms with Crippen LogP contribution in [0.2, 0.25) is 0 Å². The monoisotopic (exact) mass is 279 g/mol. The number of nitrogens with one attached hydrogen (secondary N) is 1. The molecule has 0 saturated heterocycles. The molecule has 2 amide bonds. The molecule has 2 rings (SSSR count). The summed E-state index contributed by atoms with van der Waals surface area (Å²) in [6, 6.07) is 6.22. The normalized spacial score (nSPS) is 9.89. The summed E-state index contributed by atoms with van der Waals surface area (Å²) in [5.41, 5.74) is 0. The van der Waals surface area contributed by atoms with E-state index in [-0.39, 0.29) is 5.76 Å². The van der Waals surface area contributed by atoms with Gasteiger partial charge in [-0.15, -0.1) is 11.3 Å². The van der Waals surface area contributed by atoms with Crippen molar-refractivity contribution in [3.8, 4) is 0 Å². The molecule has 0 radical (unpaired) electrons. The molecule has 2 aromatic heterocycles. The molecular weight excluding hydrogens is 270 g/mol. The minimum Gasteiger partial charge on any atom is -0.459 e. The molecule has 0 aliphatic rings. The number of amides is 2. The molecule has 0 fully saturated rings. The average Bonchev–Trinajstić information content (AvgIpc) is 3.07. The SMILES string of the molecule is O=C(COC(=O)c1cccs1)NC(=O)c1ccco1. The first-order chi connectivity index (χ1) is 9.16. The maximum atomic E-state index is 11.4. The van der Waals surface area contributed by atoms with Gasteiger partial charge in [0, 0.05) is 0 Å². The molecule has 98 valence electrons. The van der Waals surface area contributed by atoms with E-state index < -0.39 is 24.4 Å². The Kier molecular flexibility index (Phi) is 4.09. The predicted molar refractivity (Wildman–Crippen MR) is 65.8 cm³/mol. The molecule has 1 N–H and O–H groups in total. The molecule has 19 heavy (non-hydrogen) atoms. The highest BCUT2D eigenvalue weighted by Gasteiger charge is 2.15. The van der Waals surface area contributed by atoms with Crippen LogP contribution in [0.3, 0.4) is 0 Å². The number of carbonyl (C=O) groups excluding carboxylic acids is 3. The van der Waals surface area contributed by atoms with Crippen molar-refractivity contribution in [2.75, 3.05) is 6.61 Å². The number of ether oxygens (including phenoxy) is 1. The predicted octanol–water partition coefficient (Wildman–Crippen LogP) is 1.45. The van der Waals surface area contributed by atoms with Gasteiger partial charge < -0.3 is 9.15 Å². The number of furan rings is 1. The number of hydrogen-bond acceptors (Lipinski definition) is 6. The summed E-state index contributed by atoms with van der Waals surface area (Å²) < 4.78 is 9.55. The van der Waals surface area contributed by atoms with Gasteiger partial charge in [-0.25, -0.2) is 4.79 Å². The zero-order valence-electron chi connectivity index (χ0n) is 9.62. The van der Waals surface area contributed by atoms with Crippen LogP contribution in [-0.4, -0.2) is 24.4 Å². The largest absolute Gasteiger partial charge is 0.459 e. The van der Waals surface area contributed by atoms with Crippen LogP contribution in [0.5, 0.6) is 0 Å². The molecule has 0 spiro atoms. The first kappa shape index (κ1) is 13.0. The number of carbonyl (C=O) groups is 3. The highest BCUT2D eigenvalue weighted by molar-refractivity contribution is 7.11. The maximum absolute atomic E-state index is 11.4. The van der Waals surface area contributed by atoms with Gasteiger partial charge in [0.25, 0.3) is 11.8 Å². The third-order valence-corrected chi connectivity index (χ3v) is 2.90. The molecule has 0 aliphatic heterocycles. The summed E-state index contributed by atoms with van der Waals surface area (Å²) in [5.74, 6) is -1.98. The van der Waals surface area contributed by atoms with Gasteiger partial charge in [0.15, 0.2) is 12.4 Å². The Balaban J connectivity index is 1.79. The smallest absolute Gasteiger partial charge is 0.348 e. The van der Waals surface area contributed by atoms with Gasteiger partial charge in [-0.05, 0) is 23.6 Å². The zero-order chi connectivity index (χ0) is 13.7. The zero-order valence-corrected chi connectivity index (χ0v) is 10.4. The first-order valence-electron chi connectivity index (χ1n) is 5.25. The van der Waals surface area contributed by atoms with E-state index >= 15 is 0 Å². The van der Waals surface area contributed by atoms with E-state index in [0.29, 0.717) is 4.88 Å². The van der Waals surface area contributed by atoms with Crippen LogP contribution in [0.25, 0.3) is 0 Å². The van der Waals surface area contributed by atoms with Crippen LogP contribution in [0.1, 0.15) is 20.2 Å². The van der Waals surface area contributed by atoms with Crippen molar-refractivity contribution in [2.24, 2.45) is 0 Å². The van der Waals surface area contributed by atoms with E-state index in [4.69, 9.17) is 9.15 Å². The highest BCUT2D eigenvalue weighted by atomic mass is 32.1. The summed E-state index contributed by atoms with van der Waals surface area (Å²) in [7, 11) is 0. The van der Waals surface area contributed by atoms with Gasteiger partial charge in [-0.1, -0.05) is 6.07 Å². The Morgan fingerprint density at radius 3 is 2.74 bits per heavy atom. The Hall–Kier alpha value is -2.41. The lowest BCUT2D eigenvalue weighted by molar-refractivity contribution is -0.123. The van der Waals surface area contributed by atoms with E-state index in [0.717, 1.165) is 0 Å². The number of rotatable bonds is 4. The Morgan fingerprint density at radius 1 is 1.26 bits per heavy atom. The van der Waals surface area contributed by atoms with E-state index in [1.165, 1.54) is 29.7 Å². The summed E-state index contributed by atoms with van der Waals surface area (Å²) >= 11 is 1.21. The summed E-state index contributed by atoms with van der Waals surface area (Å²) in [6.45, 7) is -0.525. The van der Waals surface area contributed by atoms with Crippen molar-refractivity contribution in [3.63, 3.8) is 0 Å². The van der Waals surface area contributed by atoms with Crippen LogP contribution in [0, 0.1) is 0 Å². The van der Waals surface area contributed by atoms with Crippen molar-refractivity contribution in [1.29, 1.82) is 0 Å². The van der Waals surface area contributed by atoms with Crippen molar-refractivity contribution in [2.45, 2.75) is 0 Å². The minimum absolute atomic E-state index is 0.0120. The highest BCUT2D eigenvalue weighted by Crippen LogP contribution is 2.09. The topological polar surface area (TPSA) is 85.6 Å². The third-order valence-electron chi connectivity index (χ3n) is 2.05. The second-order valence-electron chi connectivity index (χ2n) is 3.41. The van der Waals surface area contributed by atoms with Crippen molar-refractivity contribution in [3.05, 3.63) is 46.5 Å². The third kappa shape index (κ3) is 3.52. The molecule has 2 heterocycles. The summed E-state index contributed by atoms with van der Waals surface area (Å²) in [4.78, 5) is 34.6. The van der Waals surface area contributed by atoms with Gasteiger partial charge in [0.1, 0.15) is 4.88 Å². The molecule has 0 bridgehead atoms. The standard InChI is InChI=1S/C12H9NO5S/c14-10(13-11(15)8-3-1-5-17-8)7-18-12(16)9-4-2-6-19-9/h1-6H,7H2,(H,13,14,15). The molecular formula is C12H9NO5S. The van der Waals surface area contributed by atoms with Gasteiger partial charge in [-0.3, -0.25) is 14.9 Å². The van der Waals surface area contributed by atoms with E-state index in [1.54, 1.807) is 17.5 Å². The van der Waals surface area contributed by atoms with Crippen molar-refractivity contribution < 1.29 is 23.5 Å². The lowest BCUT2D eigenvalue weighted by Gasteiger charge is -2.03. The minimum atomic E-state index is -0.716. The molecule has 0 unspecified atom stereocenters. The fourth-order valence-electron chi connectivity index (χ4n) is 1.23. The molecule has 2 aromatic rings. The van der Waals surface area contributed by atoms with Crippen LogP contribution in [0.15, 0.2) is 40.3 Å². The lowest BCUT2D eigenvalue weighted by atomic mass is 10.4. The average molecular weight is 279 g/mol.